The van der Waals surface area contributed by atoms with E-state index in [4.69, 9.17) is 18.5 Å². The summed E-state index contributed by atoms with van der Waals surface area (Å²) in [5.74, 6) is 1.47. The average molecular weight is 641 g/mol. The molecule has 1 aliphatic heterocycles. The van der Waals surface area contributed by atoms with Gasteiger partial charge in [-0.1, -0.05) is 121 Å². The molecule has 0 radical (unpaired) electrons. The number of benzene rings is 1. The van der Waals surface area contributed by atoms with E-state index < -0.39 is 20.8 Å². The lowest BCUT2D eigenvalue weighted by Crippen LogP contribution is -2.31. The van der Waals surface area contributed by atoms with E-state index in [0.29, 0.717) is 18.8 Å². The first-order valence-corrected chi connectivity index (χ1v) is 18.6. The molecule has 0 spiro atoms. The second-order valence-electron chi connectivity index (χ2n) is 11.2. The van der Waals surface area contributed by atoms with Gasteiger partial charge in [0.25, 0.3) is 0 Å². The molecule has 10 heteroatoms. The van der Waals surface area contributed by atoms with Crippen LogP contribution in [0.4, 0.5) is 4.79 Å². The summed E-state index contributed by atoms with van der Waals surface area (Å²) in [5.41, 5.74) is 0.965. The highest BCUT2D eigenvalue weighted by molar-refractivity contribution is 8.02. The number of para-hydroxylation sites is 1. The molecule has 0 fully saturated rings. The predicted molar refractivity (Wildman–Crippen MR) is 179 cm³/mol. The van der Waals surface area contributed by atoms with Gasteiger partial charge in [0.2, 0.25) is 0 Å². The van der Waals surface area contributed by atoms with E-state index in [1.54, 1.807) is 11.8 Å². The largest absolute Gasteiger partial charge is 0.447 e. The van der Waals surface area contributed by atoms with Crippen LogP contribution in [0.1, 0.15) is 115 Å². The van der Waals surface area contributed by atoms with Gasteiger partial charge < -0.3 is 29.1 Å². The summed E-state index contributed by atoms with van der Waals surface area (Å²) >= 11 is 1.74. The van der Waals surface area contributed by atoms with Crippen molar-refractivity contribution >= 4 is 26.5 Å². The molecule has 8 nitrogen and oxygen atoms in total. The van der Waals surface area contributed by atoms with Gasteiger partial charge in [0.1, 0.15) is 18.5 Å². The van der Waals surface area contributed by atoms with Crippen LogP contribution in [0.25, 0.3) is 0 Å². The summed E-state index contributed by atoms with van der Waals surface area (Å²) in [7, 11) is -0.643. The first-order chi connectivity index (χ1) is 21.1. The third-order valence-electron chi connectivity index (χ3n) is 7.53. The van der Waals surface area contributed by atoms with Gasteiger partial charge in [-0.3, -0.25) is 4.52 Å². The summed E-state index contributed by atoms with van der Waals surface area (Å²) in [6, 6.07) is 7.60. The molecule has 2 N–H and O–H groups in total. The molecule has 0 bridgehead atoms. The lowest BCUT2D eigenvalue weighted by atomic mass is 10.0. The molecule has 0 saturated carbocycles. The highest BCUT2D eigenvalue weighted by atomic mass is 32.2. The lowest BCUT2D eigenvalue weighted by molar-refractivity contribution is 0.00597. The third kappa shape index (κ3) is 19.5. The van der Waals surface area contributed by atoms with Gasteiger partial charge in [0, 0.05) is 32.0 Å². The number of carbonyl (C=O) groups excluding carboxylic acids is 1. The number of methoxy groups -OCH3 is 1. The Morgan fingerprint density at radius 1 is 0.930 bits per heavy atom. The molecular formula is C33H57N2O6PS. The van der Waals surface area contributed by atoms with Gasteiger partial charge in [-0.2, -0.15) is 0 Å². The number of thioether (sulfide) groups is 1. The standard InChI is InChI=1S/C33H57N2O6PS/c1-3-4-5-6-7-8-9-10-11-12-13-14-15-16-17-20-23-34-33(36)39-27-31(38-2)28-40-42(37)41-32-22-19-18-21-30(32)26-35-24-25-43-29-35/h18-19,21-22,24-25,31,37H,3-17,20,23,26-29H2,1-2H3,(H,34,36). The van der Waals surface area contributed by atoms with E-state index in [2.05, 4.69) is 22.5 Å². The third-order valence-corrected chi connectivity index (χ3v) is 9.05. The van der Waals surface area contributed by atoms with E-state index in [1.807, 2.05) is 30.5 Å². The SMILES string of the molecule is CCCCCCCCCCCCCCCCCCNC(=O)OCC(COP(O)Oc1ccccc1CN1C=CSC1)OC. The smallest absolute Gasteiger partial charge is 0.407 e. The Kier molecular flexibility index (Phi) is 22.6. The Morgan fingerprint density at radius 2 is 1.53 bits per heavy atom. The lowest BCUT2D eigenvalue weighted by Gasteiger charge is -2.20. The van der Waals surface area contributed by atoms with Crippen LogP contribution in [-0.2, 0) is 20.5 Å². The van der Waals surface area contributed by atoms with Crippen LogP contribution in [0.15, 0.2) is 35.9 Å². The number of unbranched alkanes of at least 4 members (excludes halogenated alkanes) is 15. The molecule has 2 unspecified atom stereocenters. The second-order valence-corrected chi connectivity index (χ2v) is 13.0. The Balaban J connectivity index is 1.42. The van der Waals surface area contributed by atoms with Crippen LogP contribution in [0.3, 0.4) is 0 Å². The average Bonchev–Trinajstić information content (AvgIpc) is 3.53. The summed E-state index contributed by atoms with van der Waals surface area (Å²) in [5, 5.41) is 4.86. The van der Waals surface area contributed by atoms with Gasteiger partial charge in [0.05, 0.1) is 12.5 Å². The van der Waals surface area contributed by atoms with Crippen LogP contribution in [0.5, 0.6) is 5.75 Å². The van der Waals surface area contributed by atoms with Crippen molar-refractivity contribution in [3.8, 4) is 5.75 Å². The highest BCUT2D eigenvalue weighted by Crippen LogP contribution is 2.37. The van der Waals surface area contributed by atoms with Crippen LogP contribution in [0.2, 0.25) is 0 Å². The molecule has 0 saturated heterocycles. The number of alkyl carbamates (subject to hydrolysis) is 1. The minimum Gasteiger partial charge on any atom is -0.447 e. The fourth-order valence-electron chi connectivity index (χ4n) is 4.88. The maximum Gasteiger partial charge on any atom is 0.407 e. The predicted octanol–water partition coefficient (Wildman–Crippen LogP) is 9.28. The van der Waals surface area contributed by atoms with E-state index >= 15 is 0 Å². The fraction of sp³-hybridized carbons (Fsp3) is 0.727. The summed E-state index contributed by atoms with van der Waals surface area (Å²) in [6.07, 6.45) is 22.2. The van der Waals surface area contributed by atoms with Crippen molar-refractivity contribution in [2.75, 3.05) is 32.7 Å². The first-order valence-electron chi connectivity index (χ1n) is 16.5. The minimum atomic E-state index is -2.16. The van der Waals surface area contributed by atoms with Crippen LogP contribution < -0.4 is 9.84 Å². The van der Waals surface area contributed by atoms with Gasteiger partial charge in [-0.15, -0.1) is 11.8 Å². The normalized spacial score (nSPS) is 14.2. The zero-order valence-corrected chi connectivity index (χ0v) is 28.4. The Morgan fingerprint density at radius 3 is 2.12 bits per heavy atom. The maximum absolute atomic E-state index is 12.1. The van der Waals surface area contributed by atoms with Crippen molar-refractivity contribution in [1.82, 2.24) is 10.2 Å². The van der Waals surface area contributed by atoms with E-state index in [0.717, 1.165) is 24.3 Å². The summed E-state index contributed by atoms with van der Waals surface area (Å²) < 4.78 is 21.8. The molecular weight excluding hydrogens is 583 g/mol. The number of rotatable bonds is 27. The van der Waals surface area contributed by atoms with Crippen molar-refractivity contribution in [3.63, 3.8) is 0 Å². The van der Waals surface area contributed by atoms with Gasteiger partial charge in [-0.05, 0) is 17.9 Å². The molecule has 1 amide bonds. The molecule has 246 valence electrons. The monoisotopic (exact) mass is 640 g/mol. The van der Waals surface area contributed by atoms with Crippen LogP contribution >= 0.6 is 20.4 Å². The Labute approximate surface area is 266 Å². The maximum atomic E-state index is 12.1. The number of nitrogens with one attached hydrogen (secondary N) is 1. The van der Waals surface area contributed by atoms with Crippen molar-refractivity contribution in [2.24, 2.45) is 0 Å². The summed E-state index contributed by atoms with van der Waals surface area (Å²) in [4.78, 5) is 24.6. The minimum absolute atomic E-state index is 0.0278. The molecule has 2 rings (SSSR count). The molecule has 0 aromatic heterocycles. The first kappa shape index (κ1) is 37.7. The molecule has 1 aromatic rings. The zero-order valence-electron chi connectivity index (χ0n) is 26.7. The van der Waals surface area contributed by atoms with Crippen LogP contribution in [-0.4, -0.2) is 54.7 Å². The van der Waals surface area contributed by atoms with Crippen LogP contribution in [0, 0.1) is 0 Å². The Hall–Kier alpha value is -1.51. The number of ether oxygens (including phenoxy) is 2. The van der Waals surface area contributed by atoms with Crippen molar-refractivity contribution < 1.29 is 28.2 Å². The fourth-order valence-corrected chi connectivity index (χ4v) is 6.28. The number of hydrogen-bond donors (Lipinski definition) is 2. The van der Waals surface area contributed by atoms with Crippen molar-refractivity contribution in [3.05, 3.63) is 41.4 Å². The molecule has 1 aliphatic rings. The number of carbonyl (C=O) groups is 1. The van der Waals surface area contributed by atoms with E-state index in [1.165, 1.54) is 97.0 Å². The molecule has 2 atom stereocenters. The zero-order chi connectivity index (χ0) is 30.8. The van der Waals surface area contributed by atoms with Gasteiger partial charge >= 0.3 is 14.7 Å². The molecule has 1 heterocycles. The quantitative estimate of drug-likeness (QED) is 0.0727. The summed E-state index contributed by atoms with van der Waals surface area (Å²) in [6.45, 7) is 3.63. The van der Waals surface area contributed by atoms with E-state index in [-0.39, 0.29) is 13.2 Å². The van der Waals surface area contributed by atoms with Crippen molar-refractivity contribution in [1.29, 1.82) is 0 Å². The molecule has 43 heavy (non-hydrogen) atoms. The number of nitrogens with zero attached hydrogens (tertiary/aromatic N) is 1. The van der Waals surface area contributed by atoms with Gasteiger partial charge in [-0.25, -0.2) is 4.79 Å². The van der Waals surface area contributed by atoms with Crippen molar-refractivity contribution in [2.45, 2.75) is 122 Å². The van der Waals surface area contributed by atoms with Gasteiger partial charge in [0.15, 0.2) is 0 Å². The van der Waals surface area contributed by atoms with E-state index in [9.17, 15) is 9.69 Å². The molecule has 0 aliphatic carbocycles. The Bertz CT molecular complexity index is 864. The molecule has 1 aromatic carbocycles. The second kappa shape index (κ2) is 25.8. The topological polar surface area (TPSA) is 89.5 Å². The number of amides is 1. The number of hydrogen-bond acceptors (Lipinski definition) is 8. The highest BCUT2D eigenvalue weighted by Gasteiger charge is 2.18.